The van der Waals surface area contributed by atoms with Crippen LogP contribution in [-0.2, 0) is 70.0 Å². The molecular weight excluding hydrogens is 2190 g/mol. The minimum atomic E-state index is -4.38. The van der Waals surface area contributed by atoms with E-state index in [1.165, 1.54) is 47.6 Å². The number of esters is 1. The molecule has 0 saturated heterocycles. The monoisotopic (exact) mass is 2310 g/mol. The van der Waals surface area contributed by atoms with Crippen molar-refractivity contribution in [3.8, 4) is 85.7 Å². The molecule has 0 aliphatic heterocycles. The fourth-order valence-electron chi connectivity index (χ4n) is 12.8. The van der Waals surface area contributed by atoms with E-state index in [2.05, 4.69) is 67.6 Å². The summed E-state index contributed by atoms with van der Waals surface area (Å²) in [6, 6.07) is 54.1. The Morgan fingerprint density at radius 2 is 0.683 bits per heavy atom. The summed E-state index contributed by atoms with van der Waals surface area (Å²) in [4.78, 5) is 33.5. The molecule has 5 saturated carbocycles. The van der Waals surface area contributed by atoms with Crippen LogP contribution in [0.25, 0.3) is 56.9 Å². The van der Waals surface area contributed by atoms with E-state index < -0.39 is 73.1 Å². The van der Waals surface area contributed by atoms with E-state index in [0.29, 0.717) is 112 Å². The van der Waals surface area contributed by atoms with Crippen LogP contribution in [0.2, 0.25) is 0 Å². The number of ether oxygens (including phenoxy) is 5. The third kappa shape index (κ3) is 41.2. The average Bonchev–Trinajstić information content (AvgIpc) is 1.65. The Bertz CT molecular complexity index is 5800. The van der Waals surface area contributed by atoms with Gasteiger partial charge in [0.1, 0.15) is 116 Å². The number of phenols is 1. The molecule has 5 heterocycles. The second-order valence-electron chi connectivity index (χ2n) is 33.0. The molecule has 0 amide bonds. The predicted molar refractivity (Wildman–Crippen MR) is 517 cm³/mol. The SMILES string of the molecule is C.C.C.C.C.CC(C)(C)OC(=O)CC/C(=C\F)COc1ccc(-c2nc(C3CC3)n(CC(F)(F)F)n2)cc1.Cl.FC(F)(F)CI.FC(F)(F)Cn1nc(-c2ccc(OCc3ccccc3)cc2)nc1C1CC1.NC/C(=C\F)COc1ccc(-c2nc(C3CC3)n(CC(F)(F)F)n2)cc1.Oc1ccc(-c2nc(C3CC3)n(CC(F)(F)F)n2)cc1.[CH3-].[W].c1ccc(COc2ccc(-c3n[nH]c(C4CC4)n3)cc2)cc1. The number of carbonyl (C=O) groups excluding carboxylic acids is 1. The number of aromatic hydroxyl groups is 1. The molecule has 0 atom stereocenters. The maximum atomic E-state index is 13.2. The van der Waals surface area contributed by atoms with E-state index in [9.17, 15) is 84.5 Å². The average molecular weight is 2310 g/mol. The molecular formula is C99H118ClF17IN16O7W-. The van der Waals surface area contributed by atoms with Crippen molar-refractivity contribution in [1.29, 1.82) is 0 Å². The van der Waals surface area contributed by atoms with Gasteiger partial charge in [0.15, 0.2) is 29.1 Å². The van der Waals surface area contributed by atoms with Gasteiger partial charge in [0.2, 0.25) is 0 Å². The second kappa shape index (κ2) is 55.5. The minimum absolute atomic E-state index is 0. The molecule has 23 nitrogen and oxygen atoms in total. The van der Waals surface area contributed by atoms with Crippen LogP contribution in [-0.4, -0.2) is 146 Å². The quantitative estimate of drug-likeness (QED) is 0.0124. The number of hydrogen-bond acceptors (Lipinski definition) is 18. The van der Waals surface area contributed by atoms with Crippen molar-refractivity contribution in [2.75, 3.05) is 24.2 Å². The summed E-state index contributed by atoms with van der Waals surface area (Å²) in [6.45, 7) is 1.77. The van der Waals surface area contributed by atoms with Crippen molar-refractivity contribution in [3.63, 3.8) is 0 Å². The summed E-state index contributed by atoms with van der Waals surface area (Å²) < 4.78 is 241. The van der Waals surface area contributed by atoms with Crippen molar-refractivity contribution >= 4 is 41.0 Å². The number of hydrogen-bond donors (Lipinski definition) is 3. The zero-order chi connectivity index (χ0) is 96.1. The van der Waals surface area contributed by atoms with E-state index >= 15 is 0 Å². The molecule has 5 aliphatic carbocycles. The maximum absolute atomic E-state index is 13.2. The summed E-state index contributed by atoms with van der Waals surface area (Å²) in [6.07, 6.45) is -11.2. The first-order chi connectivity index (χ1) is 63.7. The number of benzene rings is 7. The fraction of sp³-hybridized carbons (Fsp3) is 0.414. The van der Waals surface area contributed by atoms with Crippen molar-refractivity contribution in [1.82, 2.24) is 74.2 Å². The van der Waals surface area contributed by atoms with E-state index in [1.54, 1.807) is 106 Å². The van der Waals surface area contributed by atoms with Crippen LogP contribution in [0.3, 0.4) is 0 Å². The summed E-state index contributed by atoms with van der Waals surface area (Å²) in [5, 5.41) is 32.7. The van der Waals surface area contributed by atoms with Crippen molar-refractivity contribution in [2.45, 2.75) is 240 Å². The van der Waals surface area contributed by atoms with Gasteiger partial charge in [-0.1, -0.05) is 120 Å². The smallest absolute Gasteiger partial charge is 0.408 e. The van der Waals surface area contributed by atoms with Crippen LogP contribution in [0.5, 0.6) is 28.7 Å². The Balaban J connectivity index is 0.000000362. The molecule has 43 heteroatoms. The number of nitrogens with zero attached hydrogens (tertiary/aromatic N) is 14. The molecule has 0 bridgehead atoms. The largest absolute Gasteiger partial charge is 0.508 e. The third-order valence-corrected chi connectivity index (χ3v) is 20.9. The third-order valence-electron chi connectivity index (χ3n) is 20.1. The Morgan fingerprint density at radius 1 is 0.408 bits per heavy atom. The van der Waals surface area contributed by atoms with E-state index in [4.69, 9.17) is 29.4 Å². The second-order valence-corrected chi connectivity index (χ2v) is 33.8. The van der Waals surface area contributed by atoms with Crippen molar-refractivity contribution in [2.24, 2.45) is 5.73 Å². The zero-order valence-electron chi connectivity index (χ0n) is 74.3. The number of nitrogens with one attached hydrogen (secondary N) is 1. The zero-order valence-corrected chi connectivity index (χ0v) is 80.2. The van der Waals surface area contributed by atoms with Gasteiger partial charge in [-0.3, -0.25) is 9.89 Å². The van der Waals surface area contributed by atoms with Crippen LogP contribution in [0.4, 0.5) is 74.6 Å². The fourth-order valence-corrected chi connectivity index (χ4v) is 12.8. The van der Waals surface area contributed by atoms with Crippen LogP contribution in [0.1, 0.15) is 205 Å². The van der Waals surface area contributed by atoms with Crippen molar-refractivity contribution in [3.05, 3.63) is 253 Å². The standard InChI is InChI=1S/C23H27F4N3O3.C20H18F3N3O.C18H17N3O.C17H18F4N4O.C13H12F3N3O.C2H2F3I.5CH4.CH3.ClH.W/c1-22(2,3)33-19(31)11-4-15(12-24)13-32-18-9-7-16(8-10-18)20-28-21(17-5-6-17)30(29-20)14-23(25,26)27;21-20(22,23)13-26-19(16-6-7-16)24-18(25-26)15-8-10-17(11-9-15)27-12-14-4-2-1-3-5-14;1-2-4-13(5-3-1)12-22-16-10-8-15(9-11-16)18-19-17(20-21-18)14-6-7-14;18-7-11(8-22)9-26-14-5-3-12(4-6-14)15-23-16(13-1-2-13)25(24-15)10-17(19,20)21;14-13(15,16)7-19-12(9-1-2-9)17-11(18-19)8-3-5-10(20)6-4-8;3-2(4,5)1-6;;;;;;;;/h7-10,12,17H,4-6,11,13-14H2,1-3H3;1-5,8-11,16H,6-7,12-13H2;1-5,8-11,14H,6-7,12H2,(H,19,20,21);3-7,13H,1-2,8-10,22H2;3-6,9,20H,1-2,7H2;1H2;5*1H4;1H3;1H;/q;;;;;;;;;;;-1;;/b15-12+;;;11-7+;;;;;;;;;;. The number of alkyl halides is 16. The first kappa shape index (κ1) is 123. The first-order valence-electron chi connectivity index (χ1n) is 42.6. The van der Waals surface area contributed by atoms with Gasteiger partial charge in [-0.15, -0.1) is 12.4 Å². The van der Waals surface area contributed by atoms with Gasteiger partial charge in [-0.05, 0) is 229 Å². The predicted octanol–water partition coefficient (Wildman–Crippen LogP) is 27.3. The van der Waals surface area contributed by atoms with Gasteiger partial charge in [0.25, 0.3) is 0 Å². The molecule has 0 unspecified atom stereocenters. The van der Waals surface area contributed by atoms with E-state index in [0.717, 1.165) is 104 Å². The molecule has 0 radical (unpaired) electrons. The number of H-pyrrole nitrogens is 1. The molecule has 17 rings (SSSR count). The molecule has 0 spiro atoms. The number of aromatic amines is 1. The summed E-state index contributed by atoms with van der Waals surface area (Å²) >= 11 is 1.27. The molecule has 5 aliphatic rings. The van der Waals surface area contributed by atoms with E-state index in [1.807, 2.05) is 72.8 Å². The van der Waals surface area contributed by atoms with Gasteiger partial charge in [-0.2, -0.15) is 91.3 Å². The number of carbonyl (C=O) groups is 1. The molecule has 7 aromatic carbocycles. The topological polar surface area (TPSA) is 274 Å². The molecule has 5 fully saturated rings. The Hall–Kier alpha value is -11.3. The van der Waals surface area contributed by atoms with Crippen LogP contribution in [0.15, 0.2) is 206 Å². The Labute approximate surface area is 848 Å². The van der Waals surface area contributed by atoms with Gasteiger partial charge >= 0.3 is 36.9 Å². The number of rotatable bonds is 30. The van der Waals surface area contributed by atoms with Gasteiger partial charge in [0.05, 0.1) is 17.1 Å². The number of halogens is 19. The number of aromatic nitrogens is 15. The van der Waals surface area contributed by atoms with Crippen LogP contribution < -0.4 is 24.7 Å². The summed E-state index contributed by atoms with van der Waals surface area (Å²) in [7, 11) is 0. The Morgan fingerprint density at radius 3 is 0.944 bits per heavy atom. The summed E-state index contributed by atoms with van der Waals surface area (Å²) in [5.41, 5.74) is 11.0. The molecule has 12 aromatic rings. The minimum Gasteiger partial charge on any atom is -0.508 e. The van der Waals surface area contributed by atoms with Gasteiger partial charge < -0.3 is 42.0 Å². The normalized spacial score (nSPS) is 13.9. The van der Waals surface area contributed by atoms with Gasteiger partial charge in [0, 0.05) is 97.0 Å². The first-order valence-corrected chi connectivity index (χ1v) is 44.1. The molecule has 4 N–H and O–H groups in total. The molecule has 776 valence electrons. The van der Waals surface area contributed by atoms with Gasteiger partial charge in [-0.25, -0.2) is 52.4 Å². The van der Waals surface area contributed by atoms with Crippen LogP contribution in [0, 0.1) is 7.43 Å². The van der Waals surface area contributed by atoms with Crippen LogP contribution >= 0.6 is 35.0 Å². The number of nitrogens with two attached hydrogens (primary N) is 1. The Kier molecular flexibility index (Phi) is 48.1. The number of phenolic OH excluding ortho intramolecular Hbond substituents is 1. The molecule has 142 heavy (non-hydrogen) atoms. The van der Waals surface area contributed by atoms with Crippen molar-refractivity contribution < 1.29 is 129 Å². The summed E-state index contributed by atoms with van der Waals surface area (Å²) in [5.74, 6) is 7.29. The molecule has 5 aromatic heterocycles. The maximum Gasteiger partial charge on any atom is 0.408 e. The van der Waals surface area contributed by atoms with E-state index in [-0.39, 0.29) is 158 Å².